The fourth-order valence-corrected chi connectivity index (χ4v) is 2.75. The molecule has 156 valence electrons. The Balaban J connectivity index is 1.79. The first-order valence-electron chi connectivity index (χ1n) is 9.90. The minimum atomic E-state index is -0.639. The van der Waals surface area contributed by atoms with Crippen LogP contribution >= 0.6 is 0 Å². The lowest BCUT2D eigenvalue weighted by molar-refractivity contribution is -0.124. The lowest BCUT2D eigenvalue weighted by atomic mass is 10.0. The molecule has 2 N–H and O–H groups in total. The zero-order valence-electron chi connectivity index (χ0n) is 17.3. The van der Waals surface area contributed by atoms with E-state index in [9.17, 15) is 9.59 Å². The van der Waals surface area contributed by atoms with Gasteiger partial charge in [0.2, 0.25) is 5.91 Å². The molecule has 0 saturated heterocycles. The summed E-state index contributed by atoms with van der Waals surface area (Å²) in [6.45, 7) is 7.22. The van der Waals surface area contributed by atoms with Crippen LogP contribution in [0, 0.1) is 5.92 Å². The van der Waals surface area contributed by atoms with Gasteiger partial charge in [-0.1, -0.05) is 68.4 Å². The van der Waals surface area contributed by atoms with Gasteiger partial charge in [-0.05, 0) is 29.5 Å². The van der Waals surface area contributed by atoms with E-state index >= 15 is 0 Å². The van der Waals surface area contributed by atoms with E-state index in [1.54, 1.807) is 6.92 Å². The first-order valence-corrected chi connectivity index (χ1v) is 9.90. The molecule has 0 aliphatic carbocycles. The van der Waals surface area contributed by atoms with E-state index in [4.69, 9.17) is 9.47 Å². The molecule has 0 aliphatic heterocycles. The third kappa shape index (κ3) is 7.95. The van der Waals surface area contributed by atoms with Crippen LogP contribution in [0.5, 0.6) is 0 Å². The fourth-order valence-electron chi connectivity index (χ4n) is 2.75. The third-order valence-electron chi connectivity index (χ3n) is 4.37. The number of hydrogen-bond acceptors (Lipinski definition) is 4. The molecule has 1 unspecified atom stereocenters. The zero-order chi connectivity index (χ0) is 21.1. The van der Waals surface area contributed by atoms with Crippen molar-refractivity contribution >= 4 is 12.0 Å². The van der Waals surface area contributed by atoms with Crippen LogP contribution in [0.3, 0.4) is 0 Å². The largest absolute Gasteiger partial charge is 0.450 e. The van der Waals surface area contributed by atoms with E-state index in [1.165, 1.54) is 0 Å². The van der Waals surface area contributed by atoms with Crippen molar-refractivity contribution in [3.05, 3.63) is 71.3 Å². The lowest BCUT2D eigenvalue weighted by Gasteiger charge is -2.21. The first kappa shape index (κ1) is 22.4. The van der Waals surface area contributed by atoms with Crippen LogP contribution in [0.15, 0.2) is 54.6 Å². The van der Waals surface area contributed by atoms with Crippen LogP contribution < -0.4 is 10.6 Å². The number of nitrogens with one attached hydrogen (secondary N) is 2. The monoisotopic (exact) mass is 398 g/mol. The van der Waals surface area contributed by atoms with Gasteiger partial charge in [0.25, 0.3) is 0 Å². The molecule has 0 spiro atoms. The van der Waals surface area contributed by atoms with Gasteiger partial charge in [0, 0.05) is 6.54 Å². The smallest absolute Gasteiger partial charge is 0.407 e. The molecule has 0 radical (unpaired) electrons. The Kier molecular flexibility index (Phi) is 9.18. The lowest BCUT2D eigenvalue weighted by Crippen LogP contribution is -2.49. The van der Waals surface area contributed by atoms with Crippen LogP contribution in [0.2, 0.25) is 0 Å². The Morgan fingerprint density at radius 3 is 2.07 bits per heavy atom. The summed E-state index contributed by atoms with van der Waals surface area (Å²) in [6.07, 6.45) is -0.582. The topological polar surface area (TPSA) is 76.7 Å². The van der Waals surface area contributed by atoms with Crippen molar-refractivity contribution in [3.8, 4) is 0 Å². The summed E-state index contributed by atoms with van der Waals surface area (Å²) in [7, 11) is 0. The number of alkyl carbamates (subject to hydrolysis) is 1. The summed E-state index contributed by atoms with van der Waals surface area (Å²) in [5.74, 6) is -0.285. The Morgan fingerprint density at radius 2 is 1.48 bits per heavy atom. The van der Waals surface area contributed by atoms with Crippen molar-refractivity contribution in [1.29, 1.82) is 0 Å². The summed E-state index contributed by atoms with van der Waals surface area (Å²) in [4.78, 5) is 24.1. The predicted molar refractivity (Wildman–Crippen MR) is 112 cm³/mol. The molecule has 2 rings (SSSR count). The van der Waals surface area contributed by atoms with E-state index in [1.807, 2.05) is 68.4 Å². The normalized spacial score (nSPS) is 11.7. The molecule has 2 aromatic rings. The average molecular weight is 399 g/mol. The van der Waals surface area contributed by atoms with Crippen LogP contribution in [0.1, 0.15) is 37.5 Å². The SMILES string of the molecule is CCOC(=O)NC(C(=O)NCc1ccc(COCc2ccccc2)cc1)C(C)C. The summed E-state index contributed by atoms with van der Waals surface area (Å²) in [6, 6.07) is 17.3. The molecular weight excluding hydrogens is 368 g/mol. The highest BCUT2D eigenvalue weighted by atomic mass is 16.5. The number of hydrogen-bond donors (Lipinski definition) is 2. The standard InChI is InChI=1S/C23H30N2O4/c1-4-29-23(27)25-21(17(2)3)22(26)24-14-18-10-12-20(13-11-18)16-28-15-19-8-6-5-7-9-19/h5-13,17,21H,4,14-16H2,1-3H3,(H,24,26)(H,25,27). The maximum Gasteiger partial charge on any atom is 0.407 e. The number of rotatable bonds is 10. The fraction of sp³-hybridized carbons (Fsp3) is 0.391. The zero-order valence-corrected chi connectivity index (χ0v) is 17.3. The van der Waals surface area contributed by atoms with E-state index in [0.717, 1.165) is 16.7 Å². The van der Waals surface area contributed by atoms with Crippen molar-refractivity contribution in [1.82, 2.24) is 10.6 Å². The van der Waals surface area contributed by atoms with Crippen molar-refractivity contribution in [2.45, 2.75) is 46.6 Å². The van der Waals surface area contributed by atoms with Gasteiger partial charge >= 0.3 is 6.09 Å². The van der Waals surface area contributed by atoms with E-state index in [2.05, 4.69) is 10.6 Å². The quantitative estimate of drug-likeness (QED) is 0.638. The van der Waals surface area contributed by atoms with Gasteiger partial charge in [-0.15, -0.1) is 0 Å². The van der Waals surface area contributed by atoms with E-state index in [0.29, 0.717) is 19.8 Å². The molecule has 6 heteroatoms. The minimum Gasteiger partial charge on any atom is -0.450 e. The molecule has 0 aliphatic rings. The molecule has 29 heavy (non-hydrogen) atoms. The van der Waals surface area contributed by atoms with Crippen LogP contribution in [0.4, 0.5) is 4.79 Å². The highest BCUT2D eigenvalue weighted by Gasteiger charge is 2.24. The number of amides is 2. The molecular formula is C23H30N2O4. The molecule has 0 bridgehead atoms. The average Bonchev–Trinajstić information content (AvgIpc) is 2.72. The number of carbonyl (C=O) groups excluding carboxylic acids is 2. The molecule has 6 nitrogen and oxygen atoms in total. The molecule has 1 atom stereocenters. The van der Waals surface area contributed by atoms with Crippen molar-refractivity contribution in [2.24, 2.45) is 5.92 Å². The molecule has 0 saturated carbocycles. The second kappa shape index (κ2) is 11.9. The number of ether oxygens (including phenoxy) is 2. The number of carbonyl (C=O) groups is 2. The Labute approximate surface area is 172 Å². The summed E-state index contributed by atoms with van der Waals surface area (Å²) in [5.41, 5.74) is 3.19. The Morgan fingerprint density at radius 1 is 0.897 bits per heavy atom. The highest BCUT2D eigenvalue weighted by Crippen LogP contribution is 2.09. The predicted octanol–water partition coefficient (Wildman–Crippen LogP) is 3.79. The summed E-state index contributed by atoms with van der Waals surface area (Å²) >= 11 is 0. The highest BCUT2D eigenvalue weighted by molar-refractivity contribution is 5.85. The number of benzene rings is 2. The molecule has 2 aromatic carbocycles. The minimum absolute atomic E-state index is 0.0523. The second-order valence-electron chi connectivity index (χ2n) is 7.10. The van der Waals surface area contributed by atoms with E-state index < -0.39 is 12.1 Å². The van der Waals surface area contributed by atoms with Crippen molar-refractivity contribution < 1.29 is 19.1 Å². The second-order valence-corrected chi connectivity index (χ2v) is 7.10. The van der Waals surface area contributed by atoms with Gasteiger partial charge in [-0.25, -0.2) is 4.79 Å². The van der Waals surface area contributed by atoms with Gasteiger partial charge in [-0.2, -0.15) is 0 Å². The van der Waals surface area contributed by atoms with Crippen LogP contribution in [-0.2, 0) is 34.0 Å². The van der Waals surface area contributed by atoms with E-state index in [-0.39, 0.29) is 18.4 Å². The van der Waals surface area contributed by atoms with Crippen molar-refractivity contribution in [2.75, 3.05) is 6.61 Å². The maximum absolute atomic E-state index is 12.4. The molecule has 0 aromatic heterocycles. The first-order chi connectivity index (χ1) is 14.0. The molecule has 0 heterocycles. The van der Waals surface area contributed by atoms with Gasteiger partial charge < -0.3 is 20.1 Å². The van der Waals surface area contributed by atoms with Gasteiger partial charge in [0.1, 0.15) is 6.04 Å². The van der Waals surface area contributed by atoms with Crippen LogP contribution in [0.25, 0.3) is 0 Å². The Hall–Kier alpha value is -2.86. The summed E-state index contributed by atoms with van der Waals surface area (Å²) in [5, 5.41) is 5.48. The van der Waals surface area contributed by atoms with Gasteiger partial charge in [0.05, 0.1) is 19.8 Å². The molecule has 2 amide bonds. The summed E-state index contributed by atoms with van der Waals surface area (Å²) < 4.78 is 10.6. The van der Waals surface area contributed by atoms with Gasteiger partial charge in [0.15, 0.2) is 0 Å². The molecule has 0 fully saturated rings. The van der Waals surface area contributed by atoms with Crippen LogP contribution in [-0.4, -0.2) is 24.6 Å². The van der Waals surface area contributed by atoms with Gasteiger partial charge in [-0.3, -0.25) is 4.79 Å². The third-order valence-corrected chi connectivity index (χ3v) is 4.37. The Bertz CT molecular complexity index is 760. The maximum atomic E-state index is 12.4. The van der Waals surface area contributed by atoms with Crippen molar-refractivity contribution in [3.63, 3.8) is 0 Å².